The van der Waals surface area contributed by atoms with Gasteiger partial charge in [0, 0.05) is 11.8 Å². The fourth-order valence-electron chi connectivity index (χ4n) is 2.10. The molecule has 0 aliphatic heterocycles. The summed E-state index contributed by atoms with van der Waals surface area (Å²) in [5.74, 6) is -0.366. The number of hydrogen-bond donors (Lipinski definition) is 1. The zero-order valence-corrected chi connectivity index (χ0v) is 10.4. The van der Waals surface area contributed by atoms with Gasteiger partial charge in [-0.3, -0.25) is 4.40 Å². The Kier molecular flexibility index (Phi) is 2.56. The first-order valence-corrected chi connectivity index (χ1v) is 5.94. The fourth-order valence-corrected chi connectivity index (χ4v) is 2.10. The van der Waals surface area contributed by atoms with Gasteiger partial charge in [0.1, 0.15) is 5.82 Å². The molecule has 2 heterocycles. The first-order valence-electron chi connectivity index (χ1n) is 5.94. The first-order chi connectivity index (χ1) is 9.16. The number of nitrogens with zero attached hydrogens (tertiary/aromatic N) is 2. The van der Waals surface area contributed by atoms with Crippen LogP contribution in [0.4, 0.5) is 0 Å². The molecule has 0 unspecified atom stereocenters. The van der Waals surface area contributed by atoms with E-state index in [1.54, 1.807) is 10.5 Å². The van der Waals surface area contributed by atoms with Crippen LogP contribution < -0.4 is 0 Å². The van der Waals surface area contributed by atoms with Gasteiger partial charge in [-0.15, -0.1) is 0 Å². The largest absolute Gasteiger partial charge is 0.476 e. The van der Waals surface area contributed by atoms with Gasteiger partial charge in [-0.25, -0.2) is 9.78 Å². The average molecular weight is 252 g/mol. The van der Waals surface area contributed by atoms with E-state index in [0.717, 1.165) is 11.1 Å². The molecule has 1 N–H and O–H groups in total. The summed E-state index contributed by atoms with van der Waals surface area (Å²) >= 11 is 0. The Morgan fingerprint density at radius 1 is 1.16 bits per heavy atom. The number of benzene rings is 1. The van der Waals surface area contributed by atoms with Crippen molar-refractivity contribution >= 4 is 11.5 Å². The van der Waals surface area contributed by atoms with Gasteiger partial charge in [0.15, 0.2) is 5.69 Å². The minimum Gasteiger partial charge on any atom is -0.476 e. The van der Waals surface area contributed by atoms with E-state index in [1.165, 1.54) is 0 Å². The molecule has 0 bridgehead atoms. The van der Waals surface area contributed by atoms with Gasteiger partial charge in [0.25, 0.3) is 0 Å². The van der Waals surface area contributed by atoms with E-state index in [1.807, 2.05) is 49.5 Å². The molecular formula is C15H12N2O2. The van der Waals surface area contributed by atoms with Crippen molar-refractivity contribution in [2.24, 2.45) is 0 Å². The Hall–Kier alpha value is -2.62. The van der Waals surface area contributed by atoms with Crippen LogP contribution in [0.5, 0.6) is 0 Å². The fraction of sp³-hybridized carbons (Fsp3) is 0.0667. The summed E-state index contributed by atoms with van der Waals surface area (Å²) in [4.78, 5) is 15.5. The lowest BCUT2D eigenvalue weighted by atomic mass is 10.1. The lowest BCUT2D eigenvalue weighted by molar-refractivity contribution is 0.0693. The highest BCUT2D eigenvalue weighted by atomic mass is 16.4. The van der Waals surface area contributed by atoms with E-state index < -0.39 is 5.97 Å². The van der Waals surface area contributed by atoms with E-state index in [0.29, 0.717) is 11.3 Å². The van der Waals surface area contributed by atoms with Gasteiger partial charge in [-0.05, 0) is 19.1 Å². The summed E-state index contributed by atoms with van der Waals surface area (Å²) in [6.45, 7) is 2.01. The molecule has 3 rings (SSSR count). The summed E-state index contributed by atoms with van der Waals surface area (Å²) in [6.07, 6.45) is 1.82. The van der Waals surface area contributed by atoms with Crippen LogP contribution >= 0.6 is 0 Å². The molecule has 0 amide bonds. The lowest BCUT2D eigenvalue weighted by Gasteiger charge is -2.01. The topological polar surface area (TPSA) is 54.6 Å². The predicted octanol–water partition coefficient (Wildman–Crippen LogP) is 3.01. The Labute approximate surface area is 110 Å². The van der Waals surface area contributed by atoms with Crippen molar-refractivity contribution < 1.29 is 9.90 Å². The van der Waals surface area contributed by atoms with Crippen molar-refractivity contribution in [2.75, 3.05) is 0 Å². The molecule has 4 nitrogen and oxygen atoms in total. The highest BCUT2D eigenvalue weighted by Crippen LogP contribution is 2.23. The maximum atomic E-state index is 11.2. The lowest BCUT2D eigenvalue weighted by Crippen LogP contribution is -1.96. The predicted molar refractivity (Wildman–Crippen MR) is 72.3 cm³/mol. The monoisotopic (exact) mass is 252 g/mol. The number of hydrogen-bond acceptors (Lipinski definition) is 2. The molecular weight excluding hydrogens is 240 g/mol. The normalized spacial score (nSPS) is 10.8. The average Bonchev–Trinajstić information content (AvgIpc) is 2.79. The number of fused-ring (bicyclic) bond motifs is 1. The van der Waals surface area contributed by atoms with Gasteiger partial charge in [-0.2, -0.15) is 0 Å². The van der Waals surface area contributed by atoms with Crippen LogP contribution in [-0.2, 0) is 0 Å². The van der Waals surface area contributed by atoms with Gasteiger partial charge >= 0.3 is 5.97 Å². The number of aromatic carboxylic acids is 1. The number of carboxylic acid groups (broad SMARTS) is 1. The Bertz CT molecular complexity index is 757. The number of aromatic nitrogens is 2. The standard InChI is InChI=1S/C15H12N2O2/c1-10-5-7-11(8-6-10)14-16-13(15(18)19)12-4-2-3-9-17(12)14/h2-9H,1H3,(H,18,19). The maximum Gasteiger partial charge on any atom is 0.356 e. The molecule has 1 aromatic carbocycles. The minimum atomic E-state index is -1.01. The van der Waals surface area contributed by atoms with Crippen LogP contribution in [-0.4, -0.2) is 20.5 Å². The number of pyridine rings is 1. The Morgan fingerprint density at radius 3 is 2.58 bits per heavy atom. The highest BCUT2D eigenvalue weighted by molar-refractivity contribution is 5.94. The second kappa shape index (κ2) is 4.24. The van der Waals surface area contributed by atoms with Crippen LogP contribution in [0.1, 0.15) is 16.1 Å². The summed E-state index contributed by atoms with van der Waals surface area (Å²) in [6, 6.07) is 13.3. The quantitative estimate of drug-likeness (QED) is 0.762. The molecule has 0 aliphatic carbocycles. The number of aryl methyl sites for hydroxylation is 1. The molecule has 4 heteroatoms. The second-order valence-electron chi connectivity index (χ2n) is 4.41. The number of carboxylic acids is 1. The Balaban J connectivity index is 2.29. The van der Waals surface area contributed by atoms with E-state index >= 15 is 0 Å². The molecule has 2 aromatic heterocycles. The molecule has 0 saturated heterocycles. The van der Waals surface area contributed by atoms with Crippen molar-refractivity contribution in [3.63, 3.8) is 0 Å². The number of imidazole rings is 1. The van der Waals surface area contributed by atoms with Crippen LogP contribution in [0, 0.1) is 6.92 Å². The van der Waals surface area contributed by atoms with Crippen LogP contribution in [0.2, 0.25) is 0 Å². The van der Waals surface area contributed by atoms with Crippen molar-refractivity contribution in [3.05, 3.63) is 59.9 Å². The molecule has 0 atom stereocenters. The van der Waals surface area contributed by atoms with Crippen molar-refractivity contribution in [1.29, 1.82) is 0 Å². The van der Waals surface area contributed by atoms with Gasteiger partial charge in [0.2, 0.25) is 0 Å². The van der Waals surface area contributed by atoms with Gasteiger partial charge in [-0.1, -0.05) is 35.9 Å². The van der Waals surface area contributed by atoms with Crippen molar-refractivity contribution in [1.82, 2.24) is 9.38 Å². The number of carbonyl (C=O) groups is 1. The summed E-state index contributed by atoms with van der Waals surface area (Å²) in [7, 11) is 0. The molecule has 19 heavy (non-hydrogen) atoms. The van der Waals surface area contributed by atoms with Gasteiger partial charge in [0.05, 0.1) is 5.52 Å². The third-order valence-electron chi connectivity index (χ3n) is 3.06. The van der Waals surface area contributed by atoms with Crippen LogP contribution in [0.15, 0.2) is 48.7 Å². The summed E-state index contributed by atoms with van der Waals surface area (Å²) < 4.78 is 1.80. The molecule has 0 aliphatic rings. The number of rotatable bonds is 2. The SMILES string of the molecule is Cc1ccc(-c2nc(C(=O)O)c3ccccn23)cc1. The minimum absolute atomic E-state index is 0.0798. The third-order valence-corrected chi connectivity index (χ3v) is 3.06. The van der Waals surface area contributed by atoms with E-state index in [-0.39, 0.29) is 5.69 Å². The molecule has 94 valence electrons. The molecule has 0 saturated carbocycles. The first kappa shape index (κ1) is 11.5. The molecule has 0 radical (unpaired) electrons. The summed E-state index contributed by atoms with van der Waals surface area (Å²) in [5.41, 5.74) is 2.74. The summed E-state index contributed by atoms with van der Waals surface area (Å²) in [5, 5.41) is 9.21. The second-order valence-corrected chi connectivity index (χ2v) is 4.41. The third kappa shape index (κ3) is 1.87. The van der Waals surface area contributed by atoms with Crippen LogP contribution in [0.3, 0.4) is 0 Å². The van der Waals surface area contributed by atoms with Gasteiger partial charge < -0.3 is 5.11 Å². The molecule has 0 fully saturated rings. The maximum absolute atomic E-state index is 11.2. The smallest absolute Gasteiger partial charge is 0.356 e. The highest BCUT2D eigenvalue weighted by Gasteiger charge is 2.16. The van der Waals surface area contributed by atoms with Crippen molar-refractivity contribution in [2.45, 2.75) is 6.92 Å². The van der Waals surface area contributed by atoms with E-state index in [2.05, 4.69) is 4.98 Å². The zero-order chi connectivity index (χ0) is 13.4. The molecule has 0 spiro atoms. The zero-order valence-electron chi connectivity index (χ0n) is 10.4. The van der Waals surface area contributed by atoms with E-state index in [9.17, 15) is 9.90 Å². The Morgan fingerprint density at radius 2 is 1.89 bits per heavy atom. The van der Waals surface area contributed by atoms with E-state index in [4.69, 9.17) is 0 Å². The van der Waals surface area contributed by atoms with Crippen molar-refractivity contribution in [3.8, 4) is 11.4 Å². The molecule has 3 aromatic rings. The van der Waals surface area contributed by atoms with Crippen LogP contribution in [0.25, 0.3) is 16.9 Å².